The van der Waals surface area contributed by atoms with E-state index in [1.807, 2.05) is 6.92 Å². The van der Waals surface area contributed by atoms with Gasteiger partial charge in [-0.1, -0.05) is 47.6 Å². The molecule has 0 aromatic rings. The zero-order chi connectivity index (χ0) is 50.3. The summed E-state index contributed by atoms with van der Waals surface area (Å²) in [6.07, 6.45) is -18.0. The molecule has 2 spiro atoms. The molecule has 25 atom stereocenters. The van der Waals surface area contributed by atoms with Crippen LogP contribution < -0.4 is 0 Å². The Hall–Kier alpha value is -2.41. The van der Waals surface area contributed by atoms with Crippen molar-refractivity contribution in [1.29, 1.82) is 0 Å². The van der Waals surface area contributed by atoms with Crippen LogP contribution in [0.5, 0.6) is 0 Å². The minimum absolute atomic E-state index is 0.00236. The number of aliphatic hydroxyl groups is 9. The van der Waals surface area contributed by atoms with E-state index in [9.17, 15) is 65.4 Å². The SMILES string of the molecule is CC(=O)O[C@H]1C[C@@]23C[C@H](C)[C@@]4(OC2=O)C(=CC[C@@H]2[C@@]5(C)CC[C@H]([C@@H]6O[C@H](C(=O)O)[C@@H](O)[C@H](O)[C@H]6O[C@@H]6O[C@H](CO)[C@@H](O)[C@H](O)[C@H]6O[C@@H]6OC[C@@H](O)[C@H](O)[C@H]6O)C(C)(C)[C@@H]5CC[C@]24C)[C@@H]3C[C@@]1(C)CO. The number of aliphatic carboxylic acids is 1. The number of hydrogen-bond acceptors (Lipinski definition) is 19. The van der Waals surface area contributed by atoms with Crippen molar-refractivity contribution in [2.24, 2.45) is 56.7 Å². The van der Waals surface area contributed by atoms with Gasteiger partial charge in [0.2, 0.25) is 0 Å². The van der Waals surface area contributed by atoms with E-state index in [-0.39, 0.29) is 48.1 Å². The van der Waals surface area contributed by atoms with Gasteiger partial charge >= 0.3 is 17.9 Å². The summed E-state index contributed by atoms with van der Waals surface area (Å²) in [4.78, 5) is 39.7. The molecule has 0 unspecified atom stereocenters. The molecule has 5 aliphatic carbocycles. The number of allylic oxidation sites excluding steroid dienone is 1. The number of carbonyl (C=O) groups excluding carboxylic acids is 2. The lowest BCUT2D eigenvalue weighted by molar-refractivity contribution is -0.378. The predicted octanol–water partition coefficient (Wildman–Crippen LogP) is -0.324. The maximum absolute atomic E-state index is 14.7. The third kappa shape index (κ3) is 7.38. The molecule has 10 aliphatic rings. The van der Waals surface area contributed by atoms with Crippen LogP contribution in [0.3, 0.4) is 0 Å². The molecule has 0 aromatic heterocycles. The summed E-state index contributed by atoms with van der Waals surface area (Å²) in [5, 5.41) is 108. The molecule has 10 N–H and O–H groups in total. The van der Waals surface area contributed by atoms with Gasteiger partial charge in [-0.15, -0.1) is 0 Å². The van der Waals surface area contributed by atoms with Gasteiger partial charge in [-0.2, -0.15) is 0 Å². The van der Waals surface area contributed by atoms with E-state index in [1.165, 1.54) is 6.92 Å². The van der Waals surface area contributed by atoms with Crippen molar-refractivity contribution in [2.75, 3.05) is 19.8 Å². The third-order valence-electron chi connectivity index (χ3n) is 19.9. The van der Waals surface area contributed by atoms with Gasteiger partial charge in [0, 0.05) is 36.0 Å². The fraction of sp³-hybridized carbons (Fsp3) is 0.898. The minimum atomic E-state index is -2.01. The van der Waals surface area contributed by atoms with E-state index in [1.54, 1.807) is 0 Å². The van der Waals surface area contributed by atoms with Gasteiger partial charge in [0.15, 0.2) is 18.7 Å². The Morgan fingerprint density at radius 2 is 1.48 bits per heavy atom. The summed E-state index contributed by atoms with van der Waals surface area (Å²) in [5.74, 6) is -3.16. The van der Waals surface area contributed by atoms with Crippen LogP contribution in [0.2, 0.25) is 0 Å². The van der Waals surface area contributed by atoms with Crippen LogP contribution in [0, 0.1) is 56.7 Å². The van der Waals surface area contributed by atoms with Crippen molar-refractivity contribution in [3.63, 3.8) is 0 Å². The van der Waals surface area contributed by atoms with E-state index in [0.717, 1.165) is 5.57 Å². The van der Waals surface area contributed by atoms with Crippen molar-refractivity contribution in [2.45, 2.75) is 197 Å². The average molecular weight is 983 g/mol. The van der Waals surface area contributed by atoms with Gasteiger partial charge in [0.05, 0.1) is 31.3 Å². The molecule has 10 rings (SSSR count). The van der Waals surface area contributed by atoms with Gasteiger partial charge in [-0.25, -0.2) is 4.79 Å². The van der Waals surface area contributed by atoms with Crippen LogP contribution in [0.1, 0.15) is 99.8 Å². The summed E-state index contributed by atoms with van der Waals surface area (Å²) in [6, 6.07) is 0. The molecule has 5 heterocycles. The molecule has 9 fully saturated rings. The summed E-state index contributed by atoms with van der Waals surface area (Å²) in [6.45, 7) is 12.7. The monoisotopic (exact) mass is 982 g/mol. The number of esters is 2. The quantitative estimate of drug-likeness (QED) is 0.105. The van der Waals surface area contributed by atoms with Gasteiger partial charge in [0.1, 0.15) is 72.7 Å². The van der Waals surface area contributed by atoms with Crippen LogP contribution in [0.4, 0.5) is 0 Å². The average Bonchev–Trinajstić information content (AvgIpc) is 3.28. The summed E-state index contributed by atoms with van der Waals surface area (Å²) >= 11 is 0. The molecule has 5 aliphatic heterocycles. The molecule has 0 amide bonds. The molecular weight excluding hydrogens is 909 g/mol. The molecule has 2 bridgehead atoms. The smallest absolute Gasteiger partial charge is 0.335 e. The zero-order valence-corrected chi connectivity index (χ0v) is 40.5. The highest BCUT2D eigenvalue weighted by Crippen LogP contribution is 2.78. The Labute approximate surface area is 401 Å². The van der Waals surface area contributed by atoms with E-state index in [0.29, 0.717) is 44.9 Å². The highest BCUT2D eigenvalue weighted by Gasteiger charge is 2.79. The van der Waals surface area contributed by atoms with Crippen molar-refractivity contribution < 1.29 is 98.6 Å². The van der Waals surface area contributed by atoms with Crippen LogP contribution in [-0.4, -0.2) is 186 Å². The molecule has 4 saturated carbocycles. The van der Waals surface area contributed by atoms with Gasteiger partial charge in [0.25, 0.3) is 0 Å². The fourth-order valence-electron chi connectivity index (χ4n) is 16.4. The number of fused-ring (bicyclic) bond motifs is 5. The second-order valence-corrected chi connectivity index (χ2v) is 23.7. The second-order valence-electron chi connectivity index (χ2n) is 23.7. The highest BCUT2D eigenvalue weighted by molar-refractivity contribution is 5.83. The van der Waals surface area contributed by atoms with Crippen molar-refractivity contribution in [1.82, 2.24) is 0 Å². The van der Waals surface area contributed by atoms with Crippen molar-refractivity contribution in [3.05, 3.63) is 11.6 Å². The fourth-order valence-corrected chi connectivity index (χ4v) is 16.4. The molecule has 69 heavy (non-hydrogen) atoms. The first kappa shape index (κ1) is 51.5. The van der Waals surface area contributed by atoms with Gasteiger partial charge in [-0.05, 0) is 79.1 Å². The lowest BCUT2D eigenvalue weighted by atomic mass is 9.33. The van der Waals surface area contributed by atoms with Crippen LogP contribution in [0.15, 0.2) is 11.6 Å². The topological polar surface area (TPSA) is 318 Å². The number of ether oxygens (including phenoxy) is 7. The summed E-state index contributed by atoms with van der Waals surface area (Å²) in [7, 11) is 0. The van der Waals surface area contributed by atoms with Crippen molar-refractivity contribution >= 4 is 17.9 Å². The second kappa shape index (κ2) is 17.6. The Morgan fingerprint density at radius 1 is 0.797 bits per heavy atom. The molecule has 390 valence electrons. The maximum atomic E-state index is 14.7. The lowest BCUT2D eigenvalue weighted by Crippen LogP contribution is -2.76. The summed E-state index contributed by atoms with van der Waals surface area (Å²) in [5.41, 5.74) is -3.11. The van der Waals surface area contributed by atoms with E-state index < -0.39 is 150 Å². The number of aliphatic hydroxyl groups excluding tert-OH is 9. The zero-order valence-electron chi connectivity index (χ0n) is 40.5. The van der Waals surface area contributed by atoms with Gasteiger partial charge in [-0.3, -0.25) is 9.59 Å². The Kier molecular flexibility index (Phi) is 13.2. The van der Waals surface area contributed by atoms with Gasteiger partial charge < -0.3 is 84.2 Å². The minimum Gasteiger partial charge on any atom is -0.479 e. The molecule has 5 saturated heterocycles. The number of carboxylic acids is 1. The number of hydrogen-bond donors (Lipinski definition) is 10. The number of carbonyl (C=O) groups is 3. The first-order chi connectivity index (χ1) is 32.3. The van der Waals surface area contributed by atoms with Crippen LogP contribution >= 0.6 is 0 Å². The van der Waals surface area contributed by atoms with Crippen LogP contribution in [-0.2, 0) is 47.5 Å². The highest BCUT2D eigenvalue weighted by atomic mass is 16.8. The summed E-state index contributed by atoms with van der Waals surface area (Å²) < 4.78 is 42.8. The number of rotatable bonds is 9. The van der Waals surface area contributed by atoms with E-state index in [4.69, 9.17) is 33.2 Å². The normalized spacial score (nSPS) is 54.4. The molecular formula is C49H74O20. The van der Waals surface area contributed by atoms with E-state index >= 15 is 0 Å². The largest absolute Gasteiger partial charge is 0.479 e. The molecule has 0 radical (unpaired) electrons. The first-order valence-corrected chi connectivity index (χ1v) is 24.8. The molecule has 20 nitrogen and oxygen atoms in total. The first-order valence-electron chi connectivity index (χ1n) is 24.8. The standard InChI is InChI=1S/C49H74O20/c1-20-14-48-16-29(64-21(2)52)45(5,19-51)15-24(48)22-8-9-28-46(6)12-10-23(44(3,4)27(46)11-13-47(28,7)49(20,22)69-43(48)62)36-37(33(57)34(58)38(66-36)40(60)61)67-42-39(32(56)31(55)26(17-50)65-42)68-41-35(59)30(54)25(53)18-63-41/h8,20,23-39,41-42,50-51,53-59H,9-19H2,1-7H3,(H,60,61)/t20-,23+,24-,25+,26+,27-,28+,29-,30-,31+,32-,33-,34-,35+,36-,37+,38-,39+,41-,42-,45-,46-,47+,48+,49+/m0/s1. The Bertz CT molecular complexity index is 2030. The lowest BCUT2D eigenvalue weighted by Gasteiger charge is -2.75. The Balaban J connectivity index is 1.03. The van der Waals surface area contributed by atoms with Crippen molar-refractivity contribution in [3.8, 4) is 0 Å². The third-order valence-corrected chi connectivity index (χ3v) is 19.9. The van der Waals surface area contributed by atoms with Crippen LogP contribution in [0.25, 0.3) is 0 Å². The van der Waals surface area contributed by atoms with E-state index in [2.05, 4.69) is 40.7 Å². The predicted molar refractivity (Wildman–Crippen MR) is 234 cm³/mol. The Morgan fingerprint density at radius 3 is 2.13 bits per heavy atom. The maximum Gasteiger partial charge on any atom is 0.335 e. The molecule has 0 aromatic carbocycles. The molecule has 20 heteroatoms. The number of carboxylic acid groups (broad SMARTS) is 1.